The van der Waals surface area contributed by atoms with Gasteiger partial charge in [0.25, 0.3) is 24.1 Å². The summed E-state index contributed by atoms with van der Waals surface area (Å²) in [5, 5.41) is 0. The summed E-state index contributed by atoms with van der Waals surface area (Å²) >= 11 is 2.23. The monoisotopic (exact) mass is 349 g/mol. The number of halogens is 1. The summed E-state index contributed by atoms with van der Waals surface area (Å²) in [4.78, 5) is 31.1. The number of carbonyl (C=O) groups excluding carboxylic acids is 2. The topological polar surface area (TPSA) is 56.0 Å². The van der Waals surface area contributed by atoms with Crippen LogP contribution in [-0.4, -0.2) is 69.6 Å². The van der Waals surface area contributed by atoms with Crippen molar-refractivity contribution in [1.82, 2.24) is 9.80 Å². The molecule has 0 saturated carbocycles. The van der Waals surface area contributed by atoms with Crippen LogP contribution in [0.2, 0.25) is 0 Å². The average molecular weight is 349 g/mol. The van der Waals surface area contributed by atoms with Crippen LogP contribution in [0, 0.1) is 0 Å². The van der Waals surface area contributed by atoms with Crippen molar-refractivity contribution < 1.29 is 14.2 Å². The highest BCUT2D eigenvalue weighted by Crippen LogP contribution is 2.17. The fourth-order valence-electron chi connectivity index (χ4n) is 1.97. The molecule has 0 aromatic heterocycles. The third kappa shape index (κ3) is 1.96. The van der Waals surface area contributed by atoms with E-state index < -0.39 is 6.04 Å². The van der Waals surface area contributed by atoms with Gasteiger partial charge in [0.15, 0.2) is 0 Å². The van der Waals surface area contributed by atoms with Crippen molar-refractivity contribution in [3.63, 3.8) is 0 Å². The Labute approximate surface area is 113 Å². The second kappa shape index (κ2) is 4.71. The zero-order chi connectivity index (χ0) is 12.6. The number of hydrogen-bond donors (Lipinski definition) is 0. The van der Waals surface area contributed by atoms with Crippen LogP contribution in [0.1, 0.15) is 6.42 Å². The summed E-state index contributed by atoms with van der Waals surface area (Å²) in [6, 6.07) is -0.717. The Balaban J connectivity index is 2.26. The normalized spacial score (nSPS) is 23.8. The predicted molar refractivity (Wildman–Crippen MR) is 71.8 cm³/mol. The molecule has 2 aliphatic rings. The number of carbonyl (C=O) groups is 2. The number of amidine groups is 1. The van der Waals surface area contributed by atoms with E-state index in [1.165, 1.54) is 9.80 Å². The highest BCUT2D eigenvalue weighted by Gasteiger charge is 2.50. The fraction of sp³-hybridized carbons (Fsp3) is 0.600. The van der Waals surface area contributed by atoms with E-state index in [1.807, 2.05) is 0 Å². The van der Waals surface area contributed by atoms with E-state index >= 15 is 0 Å². The molecule has 0 aliphatic carbocycles. The van der Waals surface area contributed by atoms with Gasteiger partial charge in [-0.15, -0.1) is 0 Å². The Morgan fingerprint density at radius 2 is 2.24 bits per heavy atom. The summed E-state index contributed by atoms with van der Waals surface area (Å²) < 4.78 is 2.66. The van der Waals surface area contributed by atoms with E-state index in [9.17, 15) is 9.59 Å². The van der Waals surface area contributed by atoms with Gasteiger partial charge in [-0.2, -0.15) is 0 Å². The molecule has 1 unspecified atom stereocenters. The van der Waals surface area contributed by atoms with Crippen LogP contribution >= 0.6 is 22.6 Å². The van der Waals surface area contributed by atoms with Gasteiger partial charge in [-0.1, -0.05) is 22.6 Å². The highest BCUT2D eigenvalue weighted by molar-refractivity contribution is 14.1. The van der Waals surface area contributed by atoms with Crippen molar-refractivity contribution in [3.8, 4) is 0 Å². The molecule has 7 heteroatoms. The molecule has 3 amide bonds. The molecule has 1 atom stereocenters. The molecule has 0 radical (unpaired) electrons. The summed E-state index contributed by atoms with van der Waals surface area (Å²) in [5.41, 5.74) is 0. The highest BCUT2D eigenvalue weighted by atomic mass is 127. The van der Waals surface area contributed by atoms with Crippen LogP contribution in [0.5, 0.6) is 0 Å². The maximum absolute atomic E-state index is 12.2. The number of hydrogen-bond acceptors (Lipinski definition) is 3. The number of fused-ring (bicyclic) bond motifs is 1. The molecule has 2 rings (SSSR count). The van der Waals surface area contributed by atoms with E-state index in [4.69, 9.17) is 0 Å². The van der Waals surface area contributed by atoms with Gasteiger partial charge in [-0.3, -0.25) is 14.6 Å². The van der Waals surface area contributed by atoms with Crippen LogP contribution in [0.15, 0.2) is 4.99 Å². The molecule has 0 aromatic carbocycles. The van der Waals surface area contributed by atoms with Gasteiger partial charge in [0.2, 0.25) is 0 Å². The number of aliphatic imine (C=N–C) groups is 1. The SMILES string of the molecule is CN1C(=O)N(CCCI)C(=O)C2C1=NC=[N+]2C. The lowest BCUT2D eigenvalue weighted by molar-refractivity contribution is -0.500. The van der Waals surface area contributed by atoms with Gasteiger partial charge in [-0.25, -0.2) is 9.37 Å². The van der Waals surface area contributed by atoms with Gasteiger partial charge in [0.1, 0.15) is 0 Å². The van der Waals surface area contributed by atoms with Crippen molar-refractivity contribution in [2.75, 3.05) is 25.1 Å². The van der Waals surface area contributed by atoms with Crippen LogP contribution < -0.4 is 0 Å². The number of imide groups is 1. The first-order chi connectivity index (χ1) is 8.07. The molecule has 6 nitrogen and oxygen atoms in total. The third-order valence-corrected chi connectivity index (χ3v) is 3.66. The predicted octanol–water partition coefficient (Wildman–Crippen LogP) is 0.157. The molecule has 0 bridgehead atoms. The van der Waals surface area contributed by atoms with Gasteiger partial charge < -0.3 is 0 Å². The molecule has 0 N–H and O–H groups in total. The van der Waals surface area contributed by atoms with Crippen molar-refractivity contribution in [2.24, 2.45) is 4.99 Å². The first-order valence-corrected chi connectivity index (χ1v) is 6.88. The molecule has 0 spiro atoms. The minimum absolute atomic E-state index is 0.173. The van der Waals surface area contributed by atoms with Gasteiger partial charge >= 0.3 is 6.03 Å². The summed E-state index contributed by atoms with van der Waals surface area (Å²) in [6.07, 6.45) is 2.40. The standard InChI is InChI=1S/C10H14IN4O2/c1-13-6-12-8-7(13)9(16)15(5-3-4-11)10(17)14(8)2/h6-7H,3-5H2,1-2H3/q+1. The third-order valence-electron chi connectivity index (χ3n) is 2.90. The second-order valence-corrected chi connectivity index (χ2v) is 5.12. The van der Waals surface area contributed by atoms with Crippen LogP contribution in [0.25, 0.3) is 0 Å². The minimum Gasteiger partial charge on any atom is -0.269 e. The molecule has 1 fully saturated rings. The van der Waals surface area contributed by atoms with Crippen LogP contribution in [0.3, 0.4) is 0 Å². The van der Waals surface area contributed by atoms with Crippen molar-refractivity contribution >= 4 is 46.7 Å². The molecular formula is C10H14IN4O2+. The van der Waals surface area contributed by atoms with E-state index in [0.717, 1.165) is 10.8 Å². The van der Waals surface area contributed by atoms with Crippen molar-refractivity contribution in [2.45, 2.75) is 12.5 Å². The molecule has 2 heterocycles. The molecular weight excluding hydrogens is 335 g/mol. The maximum Gasteiger partial charge on any atom is 0.333 e. The van der Waals surface area contributed by atoms with E-state index in [0.29, 0.717) is 12.4 Å². The van der Waals surface area contributed by atoms with E-state index in [-0.39, 0.29) is 11.9 Å². The van der Waals surface area contributed by atoms with Crippen LogP contribution in [-0.2, 0) is 4.79 Å². The largest absolute Gasteiger partial charge is 0.333 e. The summed E-state index contributed by atoms with van der Waals surface area (Å²) in [6.45, 7) is 0.475. The zero-order valence-corrected chi connectivity index (χ0v) is 11.9. The quantitative estimate of drug-likeness (QED) is 0.414. The summed E-state index contributed by atoms with van der Waals surface area (Å²) in [5.74, 6) is 0.348. The fourth-order valence-corrected chi connectivity index (χ4v) is 2.31. The number of likely N-dealkylation sites (N-methyl/N-ethyl adjacent to an activating group) is 2. The smallest absolute Gasteiger partial charge is 0.269 e. The Bertz CT molecular complexity index is 432. The lowest BCUT2D eigenvalue weighted by Gasteiger charge is -2.32. The summed E-state index contributed by atoms with van der Waals surface area (Å²) in [7, 11) is 3.45. The number of nitrogens with zero attached hydrogens (tertiary/aromatic N) is 4. The molecule has 1 saturated heterocycles. The maximum atomic E-state index is 12.2. The Morgan fingerprint density at radius 1 is 1.53 bits per heavy atom. The van der Waals surface area contributed by atoms with Gasteiger partial charge in [-0.05, 0) is 11.4 Å². The van der Waals surface area contributed by atoms with Crippen molar-refractivity contribution in [1.29, 1.82) is 0 Å². The Morgan fingerprint density at radius 3 is 2.88 bits per heavy atom. The van der Waals surface area contributed by atoms with E-state index in [2.05, 4.69) is 27.6 Å². The van der Waals surface area contributed by atoms with Gasteiger partial charge in [0, 0.05) is 18.0 Å². The Kier molecular flexibility index (Phi) is 3.45. The Hall–Kier alpha value is -0.990. The molecule has 17 heavy (non-hydrogen) atoms. The number of alkyl halides is 1. The molecule has 92 valence electrons. The zero-order valence-electron chi connectivity index (χ0n) is 9.76. The first kappa shape index (κ1) is 12.5. The van der Waals surface area contributed by atoms with E-state index in [1.54, 1.807) is 25.0 Å². The lowest BCUT2D eigenvalue weighted by Crippen LogP contribution is -2.62. The lowest BCUT2D eigenvalue weighted by atomic mass is 10.1. The minimum atomic E-state index is -0.438. The average Bonchev–Trinajstić information content (AvgIpc) is 2.69. The second-order valence-electron chi connectivity index (χ2n) is 4.04. The van der Waals surface area contributed by atoms with Crippen LogP contribution in [0.4, 0.5) is 4.79 Å². The number of amides is 3. The molecule has 0 aromatic rings. The van der Waals surface area contributed by atoms with Crippen molar-refractivity contribution in [3.05, 3.63) is 0 Å². The molecule has 2 aliphatic heterocycles. The van der Waals surface area contributed by atoms with Gasteiger partial charge in [0.05, 0.1) is 7.05 Å². The first-order valence-electron chi connectivity index (χ1n) is 5.36. The number of rotatable bonds is 3. The number of urea groups is 1.